The number of hydrogen-bond acceptors (Lipinski definition) is 9. The first-order chi connectivity index (χ1) is 25.3. The van der Waals surface area contributed by atoms with Crippen LogP contribution in [0.1, 0.15) is 155 Å². The van der Waals surface area contributed by atoms with Crippen molar-refractivity contribution in [2.45, 2.75) is 173 Å². The summed E-state index contributed by atoms with van der Waals surface area (Å²) in [5.74, 6) is -0.876. The van der Waals surface area contributed by atoms with Crippen molar-refractivity contribution in [3.63, 3.8) is 0 Å². The fourth-order valence-electron chi connectivity index (χ4n) is 5.54. The van der Waals surface area contributed by atoms with E-state index >= 15 is 0 Å². The largest absolute Gasteiger partial charge is 0.472 e. The number of unbranched alkanes of at least 4 members (excludes halogenated alkanes) is 12. The zero-order valence-electron chi connectivity index (χ0n) is 32.5. The molecule has 3 N–H and O–H groups in total. The number of ether oxygens (including phenoxy) is 3. The highest BCUT2D eigenvalue weighted by Gasteiger charge is 2.36. The molecule has 1 aliphatic heterocycles. The summed E-state index contributed by atoms with van der Waals surface area (Å²) in [5.41, 5.74) is 5.34. The van der Waals surface area contributed by atoms with Crippen LogP contribution in [0.15, 0.2) is 48.6 Å². The number of phosphoric acid groups is 1. The molecule has 0 bridgehead atoms. The summed E-state index contributed by atoms with van der Waals surface area (Å²) in [6, 6.07) is 0. The van der Waals surface area contributed by atoms with E-state index in [4.69, 9.17) is 29.0 Å². The van der Waals surface area contributed by atoms with E-state index in [1.807, 2.05) is 0 Å². The molecule has 4 atom stereocenters. The fourth-order valence-corrected chi connectivity index (χ4v) is 6.30. The van der Waals surface area contributed by atoms with Gasteiger partial charge in [-0.15, -0.1) is 0 Å². The maximum absolute atomic E-state index is 12.6. The molecule has 10 nitrogen and oxygen atoms in total. The average molecular weight is 754 g/mol. The summed E-state index contributed by atoms with van der Waals surface area (Å²) in [5, 5.41) is 0. The van der Waals surface area contributed by atoms with Gasteiger partial charge in [-0.3, -0.25) is 18.6 Å². The van der Waals surface area contributed by atoms with Crippen molar-refractivity contribution in [2.24, 2.45) is 5.73 Å². The van der Waals surface area contributed by atoms with Crippen LogP contribution in [-0.4, -0.2) is 61.5 Å². The van der Waals surface area contributed by atoms with Crippen LogP contribution in [0.4, 0.5) is 0 Å². The number of carbonyl (C=O) groups excluding carboxylic acids is 2. The van der Waals surface area contributed by atoms with Crippen LogP contribution in [0.2, 0.25) is 0 Å². The molecule has 52 heavy (non-hydrogen) atoms. The summed E-state index contributed by atoms with van der Waals surface area (Å²) >= 11 is 0. The Kier molecular flexibility index (Phi) is 30.9. The van der Waals surface area contributed by atoms with Crippen molar-refractivity contribution >= 4 is 19.8 Å². The molecule has 0 radical (unpaired) electrons. The highest BCUT2D eigenvalue weighted by atomic mass is 31.2. The first-order valence-electron chi connectivity index (χ1n) is 20.2. The van der Waals surface area contributed by atoms with Gasteiger partial charge in [-0.1, -0.05) is 120 Å². The molecule has 1 rings (SSSR count). The van der Waals surface area contributed by atoms with E-state index in [2.05, 4.69) is 62.5 Å². The molecule has 1 aliphatic rings. The lowest BCUT2D eigenvalue weighted by atomic mass is 10.1. The van der Waals surface area contributed by atoms with Crippen LogP contribution in [0.3, 0.4) is 0 Å². The average Bonchev–Trinajstić information content (AvgIpc) is 3.89. The van der Waals surface area contributed by atoms with Crippen LogP contribution in [0.5, 0.6) is 0 Å². The van der Waals surface area contributed by atoms with Crippen LogP contribution >= 0.6 is 7.82 Å². The molecule has 0 amide bonds. The second-order valence-corrected chi connectivity index (χ2v) is 15.0. The van der Waals surface area contributed by atoms with Crippen molar-refractivity contribution in [1.29, 1.82) is 0 Å². The van der Waals surface area contributed by atoms with E-state index in [0.717, 1.165) is 96.3 Å². The molecule has 0 aromatic heterocycles. The number of carbonyl (C=O) groups is 2. The Morgan fingerprint density at radius 3 is 2.00 bits per heavy atom. The Hall–Kier alpha value is -2.07. The molecule has 0 aromatic carbocycles. The molecule has 3 unspecified atom stereocenters. The molecular formula is C41H72NO9P. The van der Waals surface area contributed by atoms with Crippen LogP contribution in [-0.2, 0) is 37.4 Å². The van der Waals surface area contributed by atoms with Crippen molar-refractivity contribution in [1.82, 2.24) is 0 Å². The monoisotopic (exact) mass is 753 g/mol. The van der Waals surface area contributed by atoms with E-state index in [-0.39, 0.29) is 32.6 Å². The predicted octanol–water partition coefficient (Wildman–Crippen LogP) is 10.1. The van der Waals surface area contributed by atoms with E-state index < -0.39 is 32.5 Å². The first kappa shape index (κ1) is 48.0. The Morgan fingerprint density at radius 2 is 1.31 bits per heavy atom. The summed E-state index contributed by atoms with van der Waals surface area (Å²) in [6.07, 6.45) is 38.7. The Labute approximate surface area is 315 Å². The molecule has 1 heterocycles. The Morgan fingerprint density at radius 1 is 0.712 bits per heavy atom. The van der Waals surface area contributed by atoms with Crippen molar-refractivity contribution < 1.29 is 42.3 Å². The van der Waals surface area contributed by atoms with Gasteiger partial charge in [-0.2, -0.15) is 0 Å². The van der Waals surface area contributed by atoms with Crippen LogP contribution < -0.4 is 5.73 Å². The first-order valence-corrected chi connectivity index (χ1v) is 21.7. The summed E-state index contributed by atoms with van der Waals surface area (Å²) < 4.78 is 38.5. The van der Waals surface area contributed by atoms with Crippen LogP contribution in [0, 0.1) is 0 Å². The normalized spacial score (nSPS) is 17.8. The Balaban J connectivity index is 2.22. The molecular weight excluding hydrogens is 681 g/mol. The minimum atomic E-state index is -4.39. The number of rotatable bonds is 36. The highest BCUT2D eigenvalue weighted by molar-refractivity contribution is 7.47. The number of hydrogen-bond donors (Lipinski definition) is 2. The number of allylic oxidation sites excluding steroid dienone is 7. The molecule has 0 spiro atoms. The van der Waals surface area contributed by atoms with E-state index in [1.54, 1.807) is 0 Å². The number of nitrogens with two attached hydrogens (primary N) is 1. The molecule has 1 saturated heterocycles. The summed E-state index contributed by atoms with van der Waals surface area (Å²) in [6.45, 7) is 3.52. The number of phosphoric ester groups is 1. The standard InChI is InChI=1S/C41H72NO9P/c1-3-5-7-9-11-12-13-14-15-16-17-18-19-23-28-32-41(44)50-37(36-49-52(45,46)48-34-33-42)35-47-40(43)31-27-24-20-22-26-30-39-38(51-39)29-25-21-10-8-6-4-2/h5,7,11-12,14-15,21,25,37-39H,3-4,6,8-10,13,16-20,22-24,26-36,42H2,1-2H3,(H,45,46)/b7-5-,12-11-,15-14-,25-21-/t37-,38?,39?/m1/s1. The quantitative estimate of drug-likeness (QED) is 0.0208. The van der Waals surface area contributed by atoms with Gasteiger partial charge in [0.15, 0.2) is 6.10 Å². The lowest BCUT2D eigenvalue weighted by Gasteiger charge is -2.19. The highest BCUT2D eigenvalue weighted by Crippen LogP contribution is 2.43. The third-order valence-corrected chi connectivity index (χ3v) is 9.61. The molecule has 1 fully saturated rings. The molecule has 0 aromatic rings. The molecule has 300 valence electrons. The van der Waals surface area contributed by atoms with Gasteiger partial charge in [0.25, 0.3) is 0 Å². The van der Waals surface area contributed by atoms with E-state index in [1.165, 1.54) is 19.3 Å². The second-order valence-electron chi connectivity index (χ2n) is 13.5. The van der Waals surface area contributed by atoms with E-state index in [0.29, 0.717) is 25.0 Å². The van der Waals surface area contributed by atoms with Gasteiger partial charge in [0.1, 0.15) is 6.61 Å². The summed E-state index contributed by atoms with van der Waals surface area (Å²) in [7, 11) is -4.39. The zero-order chi connectivity index (χ0) is 38.0. The molecule has 0 saturated carbocycles. The molecule has 0 aliphatic carbocycles. The number of esters is 2. The topological polar surface area (TPSA) is 147 Å². The number of epoxide rings is 1. The third-order valence-electron chi connectivity index (χ3n) is 8.62. The lowest BCUT2D eigenvalue weighted by molar-refractivity contribution is -0.161. The smallest absolute Gasteiger partial charge is 0.462 e. The zero-order valence-corrected chi connectivity index (χ0v) is 33.4. The Bertz CT molecular complexity index is 1060. The maximum atomic E-state index is 12.6. The van der Waals surface area contributed by atoms with Crippen molar-refractivity contribution in [3.8, 4) is 0 Å². The SMILES string of the molecule is CC/C=C\C/C=C\C/C=C\CCCCCCCC(=O)O[C@H](COC(=O)CCCCCCCC1OC1C/C=C\CCCCC)COP(=O)(O)OCCN. The van der Waals surface area contributed by atoms with Crippen molar-refractivity contribution in [3.05, 3.63) is 48.6 Å². The van der Waals surface area contributed by atoms with Gasteiger partial charge in [-0.25, -0.2) is 4.57 Å². The minimum absolute atomic E-state index is 0.0438. The maximum Gasteiger partial charge on any atom is 0.472 e. The van der Waals surface area contributed by atoms with Gasteiger partial charge in [0, 0.05) is 19.4 Å². The van der Waals surface area contributed by atoms with Crippen LogP contribution in [0.25, 0.3) is 0 Å². The van der Waals surface area contributed by atoms with Gasteiger partial charge >= 0.3 is 19.8 Å². The van der Waals surface area contributed by atoms with Gasteiger partial charge in [0.05, 0.1) is 25.4 Å². The van der Waals surface area contributed by atoms with E-state index in [9.17, 15) is 19.0 Å². The fraction of sp³-hybridized carbons (Fsp3) is 0.756. The van der Waals surface area contributed by atoms with Crippen molar-refractivity contribution in [2.75, 3.05) is 26.4 Å². The van der Waals surface area contributed by atoms with Gasteiger partial charge in [0.2, 0.25) is 0 Å². The minimum Gasteiger partial charge on any atom is -0.462 e. The summed E-state index contributed by atoms with van der Waals surface area (Å²) in [4.78, 5) is 34.8. The third kappa shape index (κ3) is 30.4. The lowest BCUT2D eigenvalue weighted by Crippen LogP contribution is -2.29. The second kappa shape index (κ2) is 33.5. The predicted molar refractivity (Wildman–Crippen MR) is 210 cm³/mol. The molecule has 11 heteroatoms. The van der Waals surface area contributed by atoms with Gasteiger partial charge < -0.3 is 24.8 Å². The van der Waals surface area contributed by atoms with Gasteiger partial charge in [-0.05, 0) is 70.6 Å².